The molecule has 0 atom stereocenters. The summed E-state index contributed by atoms with van der Waals surface area (Å²) in [5, 5.41) is 15.4. The molecule has 6 nitrogen and oxygen atoms in total. The number of nitro benzene ring substituents is 1. The maximum atomic E-state index is 12.8. The third kappa shape index (κ3) is 4.13. The highest BCUT2D eigenvalue weighted by atomic mass is 19.4. The molecular weight excluding hydrogens is 375 g/mol. The zero-order valence-corrected chi connectivity index (χ0v) is 15.0. The molecule has 146 valence electrons. The van der Waals surface area contributed by atoms with Crippen LogP contribution in [0.15, 0.2) is 54.9 Å². The largest absolute Gasteiger partial charge is 0.573 e. The van der Waals surface area contributed by atoms with Crippen molar-refractivity contribution in [3.63, 3.8) is 0 Å². The van der Waals surface area contributed by atoms with Crippen molar-refractivity contribution in [2.24, 2.45) is 0 Å². The van der Waals surface area contributed by atoms with E-state index in [0.717, 1.165) is 0 Å². The SMILES string of the molecule is CC(C)n1cc(-c2cc([N+](=O)[O-])ccc2-c2ccccc2OC(F)(F)F)cn1. The lowest BCUT2D eigenvalue weighted by Crippen LogP contribution is -2.17. The summed E-state index contributed by atoms with van der Waals surface area (Å²) in [4.78, 5) is 10.7. The number of benzene rings is 2. The summed E-state index contributed by atoms with van der Waals surface area (Å²) in [6.07, 6.45) is -1.64. The van der Waals surface area contributed by atoms with Crippen LogP contribution in [0.2, 0.25) is 0 Å². The van der Waals surface area contributed by atoms with Crippen LogP contribution in [0.4, 0.5) is 18.9 Å². The molecule has 0 radical (unpaired) electrons. The third-order valence-corrected chi connectivity index (χ3v) is 4.06. The number of nitrogens with zero attached hydrogens (tertiary/aromatic N) is 3. The lowest BCUT2D eigenvalue weighted by atomic mass is 9.95. The Bertz CT molecular complexity index is 1010. The van der Waals surface area contributed by atoms with E-state index in [2.05, 4.69) is 9.84 Å². The van der Waals surface area contributed by atoms with Crippen molar-refractivity contribution >= 4 is 5.69 Å². The Morgan fingerprint density at radius 2 is 1.82 bits per heavy atom. The number of aromatic nitrogens is 2. The summed E-state index contributed by atoms with van der Waals surface area (Å²) in [7, 11) is 0. The molecule has 0 saturated carbocycles. The van der Waals surface area contributed by atoms with E-state index in [1.165, 1.54) is 42.6 Å². The lowest BCUT2D eigenvalue weighted by Gasteiger charge is -2.15. The third-order valence-electron chi connectivity index (χ3n) is 4.06. The van der Waals surface area contributed by atoms with Crippen LogP contribution in [0.25, 0.3) is 22.3 Å². The Kier molecular flexibility index (Phi) is 5.08. The average Bonchev–Trinajstić information content (AvgIpc) is 3.10. The van der Waals surface area contributed by atoms with E-state index < -0.39 is 11.3 Å². The fraction of sp³-hybridized carbons (Fsp3) is 0.211. The Hall–Kier alpha value is -3.36. The first-order chi connectivity index (χ1) is 13.2. The molecule has 0 saturated heterocycles. The summed E-state index contributed by atoms with van der Waals surface area (Å²) < 4.78 is 44.2. The summed E-state index contributed by atoms with van der Waals surface area (Å²) in [6.45, 7) is 3.83. The highest BCUT2D eigenvalue weighted by molar-refractivity contribution is 5.87. The molecule has 0 aliphatic rings. The van der Waals surface area contributed by atoms with Crippen LogP contribution >= 0.6 is 0 Å². The summed E-state index contributed by atoms with van der Waals surface area (Å²) in [6, 6.07) is 9.70. The van der Waals surface area contributed by atoms with Gasteiger partial charge in [0, 0.05) is 35.5 Å². The molecule has 0 unspecified atom stereocenters. The molecule has 0 amide bonds. The van der Waals surface area contributed by atoms with Gasteiger partial charge in [0.1, 0.15) is 5.75 Å². The first-order valence-electron chi connectivity index (χ1n) is 8.34. The maximum absolute atomic E-state index is 12.8. The zero-order valence-electron chi connectivity index (χ0n) is 15.0. The standard InChI is InChI=1S/C19H16F3N3O3/c1-12(2)24-11-13(10-23-24)17-9-14(25(26)27)7-8-15(17)16-5-3-4-6-18(16)28-19(20,21)22/h3-12H,1-2H3. The Balaban J connectivity index is 2.20. The molecule has 1 aromatic heterocycles. The fourth-order valence-corrected chi connectivity index (χ4v) is 2.78. The van der Waals surface area contributed by atoms with Crippen LogP contribution in [-0.2, 0) is 0 Å². The molecule has 0 aliphatic carbocycles. The van der Waals surface area contributed by atoms with Crippen LogP contribution in [0.1, 0.15) is 19.9 Å². The van der Waals surface area contributed by atoms with Gasteiger partial charge in [0.2, 0.25) is 0 Å². The van der Waals surface area contributed by atoms with Crippen molar-refractivity contribution in [3.8, 4) is 28.0 Å². The van der Waals surface area contributed by atoms with Crippen molar-refractivity contribution in [2.75, 3.05) is 0 Å². The second-order valence-corrected chi connectivity index (χ2v) is 6.33. The smallest absolute Gasteiger partial charge is 0.405 e. The van der Waals surface area contributed by atoms with Crippen LogP contribution in [-0.4, -0.2) is 21.1 Å². The molecule has 0 fully saturated rings. The van der Waals surface area contributed by atoms with Crippen molar-refractivity contribution < 1.29 is 22.8 Å². The fourth-order valence-electron chi connectivity index (χ4n) is 2.78. The van der Waals surface area contributed by atoms with Crippen molar-refractivity contribution in [3.05, 3.63) is 65.0 Å². The maximum Gasteiger partial charge on any atom is 0.573 e. The number of ether oxygens (including phenoxy) is 1. The van der Waals surface area contributed by atoms with Crippen molar-refractivity contribution in [1.82, 2.24) is 9.78 Å². The van der Waals surface area contributed by atoms with E-state index in [1.54, 1.807) is 16.9 Å². The normalized spacial score (nSPS) is 11.6. The minimum atomic E-state index is -4.86. The van der Waals surface area contributed by atoms with E-state index >= 15 is 0 Å². The van der Waals surface area contributed by atoms with Gasteiger partial charge >= 0.3 is 6.36 Å². The first-order valence-corrected chi connectivity index (χ1v) is 8.34. The molecule has 1 heterocycles. The van der Waals surface area contributed by atoms with E-state index in [0.29, 0.717) is 16.7 Å². The molecule has 9 heteroatoms. The summed E-state index contributed by atoms with van der Waals surface area (Å²) >= 11 is 0. The van der Waals surface area contributed by atoms with Gasteiger partial charge in [-0.1, -0.05) is 18.2 Å². The van der Waals surface area contributed by atoms with Gasteiger partial charge in [-0.25, -0.2) is 0 Å². The molecule has 0 bridgehead atoms. The van der Waals surface area contributed by atoms with Gasteiger partial charge in [0.15, 0.2) is 0 Å². The predicted molar refractivity (Wildman–Crippen MR) is 96.8 cm³/mol. The number of para-hydroxylation sites is 1. The molecule has 2 aromatic carbocycles. The van der Waals surface area contributed by atoms with Crippen LogP contribution in [0.5, 0.6) is 5.75 Å². The summed E-state index contributed by atoms with van der Waals surface area (Å²) in [5.74, 6) is -0.388. The molecule has 3 aromatic rings. The minimum Gasteiger partial charge on any atom is -0.405 e. The van der Waals surface area contributed by atoms with Crippen LogP contribution < -0.4 is 4.74 Å². The Morgan fingerprint density at radius 3 is 2.43 bits per heavy atom. The number of hydrogen-bond acceptors (Lipinski definition) is 4. The molecule has 0 spiro atoms. The number of halogens is 3. The van der Waals surface area contributed by atoms with Crippen LogP contribution in [0.3, 0.4) is 0 Å². The Morgan fingerprint density at radius 1 is 1.11 bits per heavy atom. The highest BCUT2D eigenvalue weighted by Crippen LogP contribution is 2.40. The Labute approximate surface area is 158 Å². The van der Waals surface area contributed by atoms with E-state index in [4.69, 9.17) is 0 Å². The van der Waals surface area contributed by atoms with Gasteiger partial charge in [-0.3, -0.25) is 14.8 Å². The van der Waals surface area contributed by atoms with Crippen LogP contribution in [0, 0.1) is 10.1 Å². The van der Waals surface area contributed by atoms with Gasteiger partial charge < -0.3 is 4.74 Å². The van der Waals surface area contributed by atoms with Gasteiger partial charge in [-0.05, 0) is 37.1 Å². The monoisotopic (exact) mass is 391 g/mol. The summed E-state index contributed by atoms with van der Waals surface area (Å²) in [5.41, 5.74) is 1.30. The molecule has 0 N–H and O–H groups in total. The quantitative estimate of drug-likeness (QED) is 0.419. The van der Waals surface area contributed by atoms with E-state index in [-0.39, 0.29) is 23.0 Å². The van der Waals surface area contributed by atoms with Gasteiger partial charge in [-0.15, -0.1) is 13.2 Å². The predicted octanol–water partition coefficient (Wildman–Crippen LogP) is 5.60. The van der Waals surface area contributed by atoms with Gasteiger partial charge in [-0.2, -0.15) is 5.10 Å². The van der Waals surface area contributed by atoms with E-state index in [1.807, 2.05) is 13.8 Å². The number of alkyl halides is 3. The number of nitro groups is 1. The molecule has 0 aliphatic heterocycles. The zero-order chi connectivity index (χ0) is 20.5. The average molecular weight is 391 g/mol. The second-order valence-electron chi connectivity index (χ2n) is 6.33. The minimum absolute atomic E-state index is 0.0525. The topological polar surface area (TPSA) is 70.2 Å². The molecule has 28 heavy (non-hydrogen) atoms. The lowest BCUT2D eigenvalue weighted by molar-refractivity contribution is -0.384. The number of hydrogen-bond donors (Lipinski definition) is 0. The first kappa shape index (κ1) is 19.4. The molecular formula is C19H16F3N3O3. The van der Waals surface area contributed by atoms with Gasteiger partial charge in [0.25, 0.3) is 5.69 Å². The second kappa shape index (κ2) is 7.34. The van der Waals surface area contributed by atoms with Gasteiger partial charge in [0.05, 0.1) is 11.1 Å². The highest BCUT2D eigenvalue weighted by Gasteiger charge is 2.32. The van der Waals surface area contributed by atoms with E-state index in [9.17, 15) is 23.3 Å². The molecule has 3 rings (SSSR count). The van der Waals surface area contributed by atoms with Crippen molar-refractivity contribution in [1.29, 1.82) is 0 Å². The number of non-ortho nitro benzene ring substituents is 1. The van der Waals surface area contributed by atoms with Crippen molar-refractivity contribution in [2.45, 2.75) is 26.3 Å². The number of rotatable bonds is 5.